The van der Waals surface area contributed by atoms with Crippen LogP contribution in [-0.2, 0) is 15.0 Å². The maximum Gasteiger partial charge on any atom is 0.303 e. The quantitative estimate of drug-likeness (QED) is 0.545. The molecule has 0 fully saturated rings. The van der Waals surface area contributed by atoms with Crippen LogP contribution in [0.2, 0.25) is 0 Å². The number of rotatable bonds is 7. The maximum absolute atomic E-state index is 11.1. The van der Waals surface area contributed by atoms with Crippen molar-refractivity contribution >= 4 is 16.2 Å². The molecule has 0 spiro atoms. The predicted octanol–water partition coefficient (Wildman–Crippen LogP) is -0.459. The summed E-state index contributed by atoms with van der Waals surface area (Å²) in [6.45, 7) is 3.77. The SMILES string of the molecule is CCNS(=O)(=O)NCC(C)CC(=O)O. The maximum atomic E-state index is 11.1. The molecule has 0 aliphatic carbocycles. The third-order valence-electron chi connectivity index (χ3n) is 1.48. The summed E-state index contributed by atoms with van der Waals surface area (Å²) in [6.07, 6.45) is -0.0470. The van der Waals surface area contributed by atoms with E-state index < -0.39 is 16.2 Å². The van der Waals surface area contributed by atoms with Crippen molar-refractivity contribution in [1.82, 2.24) is 9.44 Å². The topological polar surface area (TPSA) is 95.5 Å². The van der Waals surface area contributed by atoms with Crippen molar-refractivity contribution in [2.24, 2.45) is 5.92 Å². The molecule has 0 aromatic carbocycles. The zero-order valence-corrected chi connectivity index (χ0v) is 9.10. The van der Waals surface area contributed by atoms with Crippen molar-refractivity contribution in [3.63, 3.8) is 0 Å². The summed E-state index contributed by atoms with van der Waals surface area (Å²) in [5.41, 5.74) is 0. The van der Waals surface area contributed by atoms with Gasteiger partial charge in [0.2, 0.25) is 0 Å². The Bertz CT molecular complexity index is 275. The number of aliphatic carboxylic acids is 1. The second kappa shape index (κ2) is 5.94. The summed E-state index contributed by atoms with van der Waals surface area (Å²) in [5, 5.41) is 8.42. The largest absolute Gasteiger partial charge is 0.481 e. The molecule has 7 heteroatoms. The molecule has 0 amide bonds. The molecule has 3 N–H and O–H groups in total. The van der Waals surface area contributed by atoms with Gasteiger partial charge in [-0.1, -0.05) is 13.8 Å². The van der Waals surface area contributed by atoms with Crippen molar-refractivity contribution < 1.29 is 18.3 Å². The van der Waals surface area contributed by atoms with Gasteiger partial charge in [0.05, 0.1) is 0 Å². The fourth-order valence-corrected chi connectivity index (χ4v) is 1.85. The summed E-state index contributed by atoms with van der Waals surface area (Å²) in [7, 11) is -3.46. The van der Waals surface area contributed by atoms with E-state index >= 15 is 0 Å². The lowest BCUT2D eigenvalue weighted by Gasteiger charge is -2.10. The molecule has 0 aromatic heterocycles. The van der Waals surface area contributed by atoms with Crippen LogP contribution < -0.4 is 9.44 Å². The monoisotopic (exact) mass is 224 g/mol. The van der Waals surface area contributed by atoms with Crippen LogP contribution in [0, 0.1) is 5.92 Å². The lowest BCUT2D eigenvalue weighted by molar-refractivity contribution is -0.137. The Labute approximate surface area is 83.9 Å². The molecular formula is C7H16N2O4S. The van der Waals surface area contributed by atoms with Crippen LogP contribution in [0.15, 0.2) is 0 Å². The minimum absolute atomic E-state index is 0.0470. The van der Waals surface area contributed by atoms with Crippen LogP contribution in [-0.4, -0.2) is 32.6 Å². The highest BCUT2D eigenvalue weighted by Gasteiger charge is 2.12. The van der Waals surface area contributed by atoms with E-state index in [4.69, 9.17) is 5.11 Å². The van der Waals surface area contributed by atoms with Gasteiger partial charge >= 0.3 is 5.97 Å². The Morgan fingerprint density at radius 1 is 1.43 bits per heavy atom. The highest BCUT2D eigenvalue weighted by atomic mass is 32.2. The molecule has 0 rings (SSSR count). The number of carbonyl (C=O) groups is 1. The summed E-state index contributed by atoms with van der Waals surface area (Å²) < 4.78 is 26.6. The van der Waals surface area contributed by atoms with Crippen LogP contribution in [0.3, 0.4) is 0 Å². The van der Waals surface area contributed by atoms with Gasteiger partial charge in [-0.2, -0.15) is 8.42 Å². The average Bonchev–Trinajstić information content (AvgIpc) is 2.00. The van der Waals surface area contributed by atoms with Crippen LogP contribution >= 0.6 is 0 Å². The lowest BCUT2D eigenvalue weighted by Crippen LogP contribution is -2.38. The summed E-state index contributed by atoms with van der Waals surface area (Å²) >= 11 is 0. The van der Waals surface area contributed by atoms with Gasteiger partial charge in [-0.25, -0.2) is 9.44 Å². The van der Waals surface area contributed by atoms with Crippen molar-refractivity contribution in [1.29, 1.82) is 0 Å². The third kappa shape index (κ3) is 6.81. The molecule has 0 saturated heterocycles. The molecule has 0 aliphatic rings. The zero-order valence-electron chi connectivity index (χ0n) is 8.28. The fraction of sp³-hybridized carbons (Fsp3) is 0.857. The smallest absolute Gasteiger partial charge is 0.303 e. The second-order valence-electron chi connectivity index (χ2n) is 3.05. The molecule has 0 radical (unpaired) electrons. The van der Waals surface area contributed by atoms with Crippen LogP contribution in [0.5, 0.6) is 0 Å². The lowest BCUT2D eigenvalue weighted by atomic mass is 10.1. The number of hydrogen-bond acceptors (Lipinski definition) is 3. The molecule has 0 aliphatic heterocycles. The Morgan fingerprint density at radius 3 is 2.43 bits per heavy atom. The first-order chi connectivity index (χ1) is 6.37. The van der Waals surface area contributed by atoms with Crippen LogP contribution in [0.25, 0.3) is 0 Å². The predicted molar refractivity (Wildman–Crippen MR) is 52.0 cm³/mol. The molecule has 0 saturated carbocycles. The van der Waals surface area contributed by atoms with Gasteiger partial charge in [-0.3, -0.25) is 4.79 Å². The molecule has 0 heterocycles. The normalized spacial score (nSPS) is 13.9. The second-order valence-corrected chi connectivity index (χ2v) is 4.64. The molecular weight excluding hydrogens is 208 g/mol. The van der Waals surface area contributed by atoms with Gasteiger partial charge < -0.3 is 5.11 Å². The van der Waals surface area contributed by atoms with Gasteiger partial charge in [0.1, 0.15) is 0 Å². The van der Waals surface area contributed by atoms with E-state index in [1.54, 1.807) is 13.8 Å². The molecule has 0 bridgehead atoms. The third-order valence-corrected chi connectivity index (χ3v) is 2.69. The van der Waals surface area contributed by atoms with E-state index in [0.717, 1.165) is 0 Å². The fourth-order valence-electron chi connectivity index (χ4n) is 0.863. The van der Waals surface area contributed by atoms with E-state index in [-0.39, 0.29) is 18.9 Å². The summed E-state index contributed by atoms with van der Waals surface area (Å²) in [4.78, 5) is 10.3. The van der Waals surface area contributed by atoms with Crippen molar-refractivity contribution in [3.05, 3.63) is 0 Å². The van der Waals surface area contributed by atoms with E-state index in [1.807, 2.05) is 0 Å². The van der Waals surface area contributed by atoms with E-state index in [2.05, 4.69) is 9.44 Å². The summed E-state index contributed by atoms with van der Waals surface area (Å²) in [5.74, 6) is -1.15. The molecule has 1 unspecified atom stereocenters. The van der Waals surface area contributed by atoms with Gasteiger partial charge in [-0.15, -0.1) is 0 Å². The number of hydrogen-bond donors (Lipinski definition) is 3. The van der Waals surface area contributed by atoms with E-state index in [1.165, 1.54) is 0 Å². The Hall–Kier alpha value is -0.660. The molecule has 6 nitrogen and oxygen atoms in total. The van der Waals surface area contributed by atoms with Gasteiger partial charge in [-0.05, 0) is 5.92 Å². The molecule has 1 atom stereocenters. The van der Waals surface area contributed by atoms with Crippen LogP contribution in [0.1, 0.15) is 20.3 Å². The average molecular weight is 224 g/mol. The highest BCUT2D eigenvalue weighted by Crippen LogP contribution is 1.99. The molecule has 14 heavy (non-hydrogen) atoms. The first-order valence-electron chi connectivity index (χ1n) is 4.33. The number of carboxylic acids is 1. The first-order valence-corrected chi connectivity index (χ1v) is 5.81. The van der Waals surface area contributed by atoms with Gasteiger partial charge in [0, 0.05) is 19.5 Å². The zero-order chi connectivity index (χ0) is 11.2. The van der Waals surface area contributed by atoms with Crippen molar-refractivity contribution in [2.75, 3.05) is 13.1 Å². The standard InChI is InChI=1S/C7H16N2O4S/c1-3-8-14(12,13)9-5-6(2)4-7(10)11/h6,8-9H,3-5H2,1-2H3,(H,10,11). The Morgan fingerprint density at radius 2 is 2.00 bits per heavy atom. The highest BCUT2D eigenvalue weighted by molar-refractivity contribution is 7.87. The molecule has 84 valence electrons. The van der Waals surface area contributed by atoms with Gasteiger partial charge in [0.15, 0.2) is 0 Å². The Balaban J connectivity index is 3.87. The number of carboxylic acid groups (broad SMARTS) is 1. The van der Waals surface area contributed by atoms with Crippen molar-refractivity contribution in [2.45, 2.75) is 20.3 Å². The van der Waals surface area contributed by atoms with E-state index in [0.29, 0.717) is 6.54 Å². The van der Waals surface area contributed by atoms with E-state index in [9.17, 15) is 13.2 Å². The summed E-state index contributed by atoms with van der Waals surface area (Å²) in [6, 6.07) is 0. The molecule has 0 aromatic rings. The van der Waals surface area contributed by atoms with Gasteiger partial charge in [0.25, 0.3) is 10.2 Å². The Kier molecular flexibility index (Phi) is 5.66. The minimum atomic E-state index is -3.46. The minimum Gasteiger partial charge on any atom is -0.481 e. The van der Waals surface area contributed by atoms with Crippen LogP contribution in [0.4, 0.5) is 0 Å². The van der Waals surface area contributed by atoms with Crippen molar-refractivity contribution in [3.8, 4) is 0 Å². The first kappa shape index (κ1) is 13.3. The number of nitrogens with one attached hydrogen (secondary N) is 2.